The van der Waals surface area contributed by atoms with Crippen LogP contribution in [-0.4, -0.2) is 6.29 Å². The Hall–Kier alpha value is 2.19. The fourth-order valence-electron chi connectivity index (χ4n) is 0. The first-order valence-corrected chi connectivity index (χ1v) is 0.813. The molecular formula is C2H5KOZr. The van der Waals surface area contributed by atoms with Gasteiger partial charge in [0, 0.05) is 26.2 Å². The zero-order chi connectivity index (χ0) is 2.71. The Labute approximate surface area is 94.9 Å². The summed E-state index contributed by atoms with van der Waals surface area (Å²) in [5, 5.41) is 0. The predicted octanol–water partition coefficient (Wildman–Crippen LogP) is -2.68. The molecule has 1 nitrogen and oxygen atoms in total. The van der Waals surface area contributed by atoms with Crippen molar-refractivity contribution in [1.29, 1.82) is 0 Å². The molecule has 0 aliphatic rings. The molecule has 0 amide bonds. The molecule has 0 bridgehead atoms. The number of aldehydes is 1. The minimum atomic E-state index is 0. The normalized spacial score (nSPS) is 2.60. The van der Waals surface area contributed by atoms with Crippen molar-refractivity contribution in [2.75, 3.05) is 0 Å². The number of carbonyl (C=O) groups is 1. The van der Waals surface area contributed by atoms with Gasteiger partial charge >= 0.3 is 51.4 Å². The van der Waals surface area contributed by atoms with Gasteiger partial charge in [-0.2, -0.15) is 0 Å². The van der Waals surface area contributed by atoms with Gasteiger partial charge < -0.3 is 6.22 Å². The van der Waals surface area contributed by atoms with Crippen molar-refractivity contribution in [2.45, 2.75) is 6.92 Å². The second-order valence-corrected chi connectivity index (χ2v) is 0.236. The third-order valence-electron chi connectivity index (χ3n) is 0. The van der Waals surface area contributed by atoms with Gasteiger partial charge in [-0.15, -0.1) is 0 Å². The smallest absolute Gasteiger partial charge is 1.00 e. The molecule has 0 aliphatic carbocycles. The van der Waals surface area contributed by atoms with E-state index in [1.807, 2.05) is 0 Å². The topological polar surface area (TPSA) is 17.1 Å². The summed E-state index contributed by atoms with van der Waals surface area (Å²) in [5.74, 6) is 0. The number of hydrogen-bond acceptors (Lipinski definition) is 1. The summed E-state index contributed by atoms with van der Waals surface area (Å²) in [6.07, 6.45) is 0.750. The first-order valence-electron chi connectivity index (χ1n) is 0.813. The van der Waals surface area contributed by atoms with Gasteiger partial charge in [0.25, 0.3) is 0 Å². The predicted molar refractivity (Wildman–Crippen MR) is 12.9 cm³/mol. The van der Waals surface area contributed by atoms with Crippen LogP contribution in [0.25, 0.3) is 0 Å². The van der Waals surface area contributed by atoms with Gasteiger partial charge in [0.05, 0.1) is 0 Å². The van der Waals surface area contributed by atoms with Crippen LogP contribution in [0.1, 0.15) is 8.35 Å². The van der Waals surface area contributed by atoms with Gasteiger partial charge in [0.2, 0.25) is 0 Å². The van der Waals surface area contributed by atoms with Gasteiger partial charge in [-0.3, -0.25) is 0 Å². The molecule has 0 aromatic rings. The van der Waals surface area contributed by atoms with Gasteiger partial charge in [-0.25, -0.2) is 0 Å². The van der Waals surface area contributed by atoms with Crippen LogP contribution in [0.5, 0.6) is 0 Å². The average molecular weight is 175 g/mol. The van der Waals surface area contributed by atoms with E-state index in [-0.39, 0.29) is 79.0 Å². The van der Waals surface area contributed by atoms with Crippen LogP contribution < -0.4 is 51.4 Å². The maximum Gasteiger partial charge on any atom is 1.00 e. The van der Waals surface area contributed by atoms with Gasteiger partial charge in [0.1, 0.15) is 6.29 Å². The van der Waals surface area contributed by atoms with Crippen molar-refractivity contribution in [3.63, 3.8) is 0 Å². The maximum atomic E-state index is 8.81. The third-order valence-corrected chi connectivity index (χ3v) is 0. The molecule has 0 saturated heterocycles. The number of hydrogen-bond donors (Lipinski definition) is 0. The largest absolute Gasteiger partial charge is 1.00 e. The van der Waals surface area contributed by atoms with Crippen LogP contribution in [0.4, 0.5) is 0 Å². The first kappa shape index (κ1) is 15.7. The molecule has 24 valence electrons. The van der Waals surface area contributed by atoms with Gasteiger partial charge in [-0.05, 0) is 6.92 Å². The second-order valence-electron chi connectivity index (χ2n) is 0.236. The summed E-state index contributed by atoms with van der Waals surface area (Å²) in [7, 11) is 0. The van der Waals surface area contributed by atoms with Crippen molar-refractivity contribution in [3.05, 3.63) is 0 Å². The first-order chi connectivity index (χ1) is 1.41. The molecule has 0 saturated carbocycles. The fourth-order valence-corrected chi connectivity index (χ4v) is 0. The molecule has 5 heavy (non-hydrogen) atoms. The van der Waals surface area contributed by atoms with Crippen molar-refractivity contribution < 1.29 is 83.8 Å². The summed E-state index contributed by atoms with van der Waals surface area (Å²) in [4.78, 5) is 8.81. The van der Waals surface area contributed by atoms with E-state index in [0.29, 0.717) is 0 Å². The Morgan fingerprint density at radius 3 is 1.80 bits per heavy atom. The second kappa shape index (κ2) is 16.4. The van der Waals surface area contributed by atoms with E-state index in [0.717, 1.165) is 6.29 Å². The Morgan fingerprint density at radius 2 is 1.80 bits per heavy atom. The van der Waals surface area contributed by atoms with Crippen LogP contribution in [0.2, 0.25) is 0 Å². The molecule has 0 aliphatic heterocycles. The van der Waals surface area contributed by atoms with Crippen LogP contribution in [0, 0.1) is 0 Å². The number of carbonyl (C=O) groups excluding carboxylic acids is 1. The van der Waals surface area contributed by atoms with Crippen LogP contribution in [-0.2, 0) is 31.0 Å². The standard InChI is InChI=1S/C2H4O.K.Zr.H/c1-2-3;;;/h2H,1H3;;;/q;+1;;-1. The Morgan fingerprint density at radius 1 is 1.80 bits per heavy atom. The minimum absolute atomic E-state index is 0. The Balaban J connectivity index is -0.00000000667. The van der Waals surface area contributed by atoms with E-state index in [4.69, 9.17) is 4.79 Å². The van der Waals surface area contributed by atoms with Crippen molar-refractivity contribution in [2.24, 2.45) is 0 Å². The Bertz CT molecular complexity index is 21.0. The molecule has 0 fully saturated rings. The zero-order valence-corrected chi connectivity index (χ0v) is 9.07. The summed E-state index contributed by atoms with van der Waals surface area (Å²) in [6, 6.07) is 0. The molecule has 0 rings (SSSR count). The van der Waals surface area contributed by atoms with Gasteiger partial charge in [-0.1, -0.05) is 0 Å². The minimum Gasteiger partial charge on any atom is -1.00 e. The molecule has 0 radical (unpaired) electrons. The van der Waals surface area contributed by atoms with Gasteiger partial charge in [0.15, 0.2) is 0 Å². The van der Waals surface area contributed by atoms with E-state index in [1.54, 1.807) is 0 Å². The average Bonchev–Trinajstić information content (AvgIpc) is 0.918. The van der Waals surface area contributed by atoms with E-state index in [2.05, 4.69) is 0 Å². The molecule has 0 N–H and O–H groups in total. The molecule has 0 heterocycles. The van der Waals surface area contributed by atoms with Crippen molar-refractivity contribution in [3.8, 4) is 0 Å². The summed E-state index contributed by atoms with van der Waals surface area (Å²) < 4.78 is 0. The quantitative estimate of drug-likeness (QED) is 0.290. The molecule has 3 heteroatoms. The van der Waals surface area contributed by atoms with Crippen LogP contribution in [0.15, 0.2) is 0 Å². The third kappa shape index (κ3) is 22.7. The van der Waals surface area contributed by atoms with Crippen LogP contribution in [0.3, 0.4) is 0 Å². The Kier molecular flexibility index (Phi) is 51.4. The summed E-state index contributed by atoms with van der Waals surface area (Å²) in [5.41, 5.74) is 0. The van der Waals surface area contributed by atoms with E-state index in [1.165, 1.54) is 6.92 Å². The van der Waals surface area contributed by atoms with E-state index >= 15 is 0 Å². The molecule has 0 aromatic heterocycles. The maximum absolute atomic E-state index is 8.81. The van der Waals surface area contributed by atoms with E-state index in [9.17, 15) is 0 Å². The monoisotopic (exact) mass is 174 g/mol. The van der Waals surface area contributed by atoms with E-state index < -0.39 is 0 Å². The number of rotatable bonds is 0. The zero-order valence-electron chi connectivity index (χ0n) is 4.49. The molecule has 0 atom stereocenters. The molecule has 0 spiro atoms. The molecular weight excluding hydrogens is 170 g/mol. The van der Waals surface area contributed by atoms with Crippen molar-refractivity contribution >= 4 is 6.29 Å². The summed E-state index contributed by atoms with van der Waals surface area (Å²) >= 11 is 0. The summed E-state index contributed by atoms with van der Waals surface area (Å²) in [6.45, 7) is 1.44. The molecule has 0 unspecified atom stereocenters. The fraction of sp³-hybridized carbons (Fsp3) is 0.500. The van der Waals surface area contributed by atoms with Crippen LogP contribution >= 0.6 is 0 Å². The molecule has 0 aromatic carbocycles. The van der Waals surface area contributed by atoms with Crippen molar-refractivity contribution in [1.82, 2.24) is 0 Å². The SMILES string of the molecule is CC=O.[H-].[K+].[Zr].